The Kier molecular flexibility index (Phi) is 4.69. The standard InChI is InChI=1S/C17H21N3O4/c1-12-4-5-15(24-12)6-7-16(21)19-8-2-3-14(11-19)20-10-13(9-18-20)17(22)23/h4-5,9-10,14H,2-3,6-8,11H2,1H3,(H,22,23)/t14-/m0/s1. The van der Waals surface area contributed by atoms with Crippen molar-refractivity contribution in [3.8, 4) is 0 Å². The van der Waals surface area contributed by atoms with Crippen LogP contribution in [0.25, 0.3) is 0 Å². The van der Waals surface area contributed by atoms with Gasteiger partial charge in [-0.05, 0) is 31.9 Å². The molecule has 1 saturated heterocycles. The first-order valence-corrected chi connectivity index (χ1v) is 8.13. The van der Waals surface area contributed by atoms with Gasteiger partial charge in [0, 0.05) is 32.1 Å². The number of carbonyl (C=O) groups is 2. The molecule has 0 bridgehead atoms. The van der Waals surface area contributed by atoms with Crippen LogP contribution < -0.4 is 0 Å². The molecule has 0 aromatic carbocycles. The maximum absolute atomic E-state index is 12.4. The topological polar surface area (TPSA) is 88.6 Å². The number of amides is 1. The lowest BCUT2D eigenvalue weighted by molar-refractivity contribution is -0.132. The van der Waals surface area contributed by atoms with Gasteiger partial charge in [-0.25, -0.2) is 4.79 Å². The molecule has 2 aromatic heterocycles. The highest BCUT2D eigenvalue weighted by Crippen LogP contribution is 2.22. The van der Waals surface area contributed by atoms with Gasteiger partial charge < -0.3 is 14.4 Å². The summed E-state index contributed by atoms with van der Waals surface area (Å²) in [5.74, 6) is 0.786. The van der Waals surface area contributed by atoms with Crippen molar-refractivity contribution in [1.29, 1.82) is 0 Å². The van der Waals surface area contributed by atoms with Crippen molar-refractivity contribution in [1.82, 2.24) is 14.7 Å². The molecule has 128 valence electrons. The smallest absolute Gasteiger partial charge is 0.338 e. The first-order valence-electron chi connectivity index (χ1n) is 8.13. The van der Waals surface area contributed by atoms with Crippen LogP contribution in [0, 0.1) is 6.92 Å². The fraction of sp³-hybridized carbons (Fsp3) is 0.471. The Morgan fingerprint density at radius 1 is 1.42 bits per heavy atom. The van der Waals surface area contributed by atoms with Crippen molar-refractivity contribution in [3.05, 3.63) is 41.6 Å². The molecule has 1 amide bonds. The number of piperidine rings is 1. The summed E-state index contributed by atoms with van der Waals surface area (Å²) in [5, 5.41) is 13.1. The Labute approximate surface area is 139 Å². The summed E-state index contributed by atoms with van der Waals surface area (Å²) < 4.78 is 7.16. The minimum atomic E-state index is -0.987. The number of aromatic nitrogens is 2. The summed E-state index contributed by atoms with van der Waals surface area (Å²) in [4.78, 5) is 25.2. The highest BCUT2D eigenvalue weighted by atomic mass is 16.4. The van der Waals surface area contributed by atoms with Gasteiger partial charge in [0.05, 0.1) is 17.8 Å². The normalized spacial score (nSPS) is 17.9. The second kappa shape index (κ2) is 6.90. The molecule has 2 aromatic rings. The van der Waals surface area contributed by atoms with Gasteiger partial charge in [-0.3, -0.25) is 9.48 Å². The number of aryl methyl sites for hydroxylation is 2. The minimum Gasteiger partial charge on any atom is -0.478 e. The summed E-state index contributed by atoms with van der Waals surface area (Å²) in [5.41, 5.74) is 0.173. The maximum atomic E-state index is 12.4. The van der Waals surface area contributed by atoms with Crippen LogP contribution in [0.4, 0.5) is 0 Å². The summed E-state index contributed by atoms with van der Waals surface area (Å²) in [7, 11) is 0. The summed E-state index contributed by atoms with van der Waals surface area (Å²) >= 11 is 0. The Bertz CT molecular complexity index is 734. The number of nitrogens with zero attached hydrogens (tertiary/aromatic N) is 3. The van der Waals surface area contributed by atoms with E-state index in [9.17, 15) is 9.59 Å². The first-order chi connectivity index (χ1) is 11.5. The lowest BCUT2D eigenvalue weighted by Gasteiger charge is -2.33. The number of hydrogen-bond acceptors (Lipinski definition) is 4. The van der Waals surface area contributed by atoms with Crippen LogP contribution in [0.3, 0.4) is 0 Å². The van der Waals surface area contributed by atoms with Crippen LogP contribution >= 0.6 is 0 Å². The molecule has 7 nitrogen and oxygen atoms in total. The molecule has 7 heteroatoms. The number of hydrogen-bond donors (Lipinski definition) is 1. The molecule has 1 aliphatic rings. The minimum absolute atomic E-state index is 0.0293. The van der Waals surface area contributed by atoms with Crippen molar-refractivity contribution in [2.24, 2.45) is 0 Å². The van der Waals surface area contributed by atoms with Crippen LogP contribution in [0.1, 0.15) is 47.2 Å². The second-order valence-corrected chi connectivity index (χ2v) is 6.16. The number of aromatic carboxylic acids is 1. The third-order valence-electron chi connectivity index (χ3n) is 4.35. The van der Waals surface area contributed by atoms with Gasteiger partial charge in [0.15, 0.2) is 0 Å². The molecule has 24 heavy (non-hydrogen) atoms. The zero-order chi connectivity index (χ0) is 17.1. The number of likely N-dealkylation sites (tertiary alicyclic amines) is 1. The molecule has 3 rings (SSSR count). The van der Waals surface area contributed by atoms with Crippen LogP contribution in [0.5, 0.6) is 0 Å². The fourth-order valence-electron chi connectivity index (χ4n) is 3.05. The molecule has 0 aliphatic carbocycles. The molecule has 1 atom stereocenters. The number of carboxylic acids is 1. The Morgan fingerprint density at radius 2 is 2.25 bits per heavy atom. The molecule has 1 fully saturated rings. The van der Waals surface area contributed by atoms with E-state index in [-0.39, 0.29) is 17.5 Å². The highest BCUT2D eigenvalue weighted by molar-refractivity contribution is 5.86. The monoisotopic (exact) mass is 331 g/mol. The predicted molar refractivity (Wildman–Crippen MR) is 85.8 cm³/mol. The van der Waals surface area contributed by atoms with Crippen LogP contribution in [0.2, 0.25) is 0 Å². The number of rotatable bonds is 5. The van der Waals surface area contributed by atoms with Crippen LogP contribution in [-0.2, 0) is 11.2 Å². The summed E-state index contributed by atoms with van der Waals surface area (Å²) in [6, 6.07) is 3.83. The average Bonchev–Trinajstić information content (AvgIpc) is 3.22. The van der Waals surface area contributed by atoms with Gasteiger partial charge in [0.2, 0.25) is 5.91 Å². The maximum Gasteiger partial charge on any atom is 0.338 e. The van der Waals surface area contributed by atoms with Crippen molar-refractivity contribution in [2.45, 2.75) is 38.6 Å². The number of carboxylic acid groups (broad SMARTS) is 1. The van der Waals surface area contributed by atoms with Gasteiger partial charge in [0.1, 0.15) is 11.5 Å². The van der Waals surface area contributed by atoms with Crippen molar-refractivity contribution in [2.75, 3.05) is 13.1 Å². The zero-order valence-electron chi connectivity index (χ0n) is 13.6. The van der Waals surface area contributed by atoms with E-state index in [0.29, 0.717) is 19.4 Å². The molecule has 0 spiro atoms. The molecule has 3 heterocycles. The lowest BCUT2D eigenvalue weighted by Crippen LogP contribution is -2.40. The van der Waals surface area contributed by atoms with Gasteiger partial charge in [-0.2, -0.15) is 5.10 Å². The summed E-state index contributed by atoms with van der Waals surface area (Å²) in [6.45, 7) is 3.19. The molecular weight excluding hydrogens is 310 g/mol. The van der Waals surface area contributed by atoms with E-state index in [1.807, 2.05) is 24.0 Å². The van der Waals surface area contributed by atoms with E-state index in [1.54, 1.807) is 4.68 Å². The van der Waals surface area contributed by atoms with Crippen LogP contribution in [0.15, 0.2) is 28.9 Å². The average molecular weight is 331 g/mol. The lowest BCUT2D eigenvalue weighted by atomic mass is 10.1. The quantitative estimate of drug-likeness (QED) is 0.908. The van der Waals surface area contributed by atoms with E-state index in [2.05, 4.69) is 5.10 Å². The zero-order valence-corrected chi connectivity index (χ0v) is 13.6. The summed E-state index contributed by atoms with van der Waals surface area (Å²) in [6.07, 6.45) is 5.67. The van der Waals surface area contributed by atoms with Crippen LogP contribution in [-0.4, -0.2) is 44.8 Å². The van der Waals surface area contributed by atoms with E-state index in [4.69, 9.17) is 9.52 Å². The van der Waals surface area contributed by atoms with E-state index in [1.165, 1.54) is 12.4 Å². The first kappa shape index (κ1) is 16.3. The molecule has 0 radical (unpaired) electrons. The van der Waals surface area contributed by atoms with Crippen molar-refractivity contribution in [3.63, 3.8) is 0 Å². The SMILES string of the molecule is Cc1ccc(CCC(=O)N2CCC[C@H](n3cc(C(=O)O)cn3)C2)o1. The predicted octanol–water partition coefficient (Wildman–Crippen LogP) is 2.28. The highest BCUT2D eigenvalue weighted by Gasteiger charge is 2.25. The fourth-order valence-corrected chi connectivity index (χ4v) is 3.05. The van der Waals surface area contributed by atoms with Gasteiger partial charge in [-0.15, -0.1) is 0 Å². The number of furan rings is 1. The molecular formula is C17H21N3O4. The Morgan fingerprint density at radius 3 is 2.92 bits per heavy atom. The van der Waals surface area contributed by atoms with Gasteiger partial charge >= 0.3 is 5.97 Å². The van der Waals surface area contributed by atoms with E-state index >= 15 is 0 Å². The molecule has 0 unspecified atom stereocenters. The Hall–Kier alpha value is -2.57. The second-order valence-electron chi connectivity index (χ2n) is 6.16. The van der Waals surface area contributed by atoms with E-state index < -0.39 is 5.97 Å². The Balaban J connectivity index is 1.57. The molecule has 1 N–H and O–H groups in total. The molecule has 0 saturated carbocycles. The number of carbonyl (C=O) groups excluding carboxylic acids is 1. The van der Waals surface area contributed by atoms with Gasteiger partial charge in [0.25, 0.3) is 0 Å². The molecule has 1 aliphatic heterocycles. The van der Waals surface area contributed by atoms with Crippen molar-refractivity contribution >= 4 is 11.9 Å². The van der Waals surface area contributed by atoms with E-state index in [0.717, 1.165) is 30.9 Å². The third-order valence-corrected chi connectivity index (χ3v) is 4.35. The largest absolute Gasteiger partial charge is 0.478 e. The van der Waals surface area contributed by atoms with Crippen molar-refractivity contribution < 1.29 is 19.1 Å². The van der Waals surface area contributed by atoms with Gasteiger partial charge in [-0.1, -0.05) is 0 Å². The third kappa shape index (κ3) is 3.67.